The summed E-state index contributed by atoms with van der Waals surface area (Å²) in [5.41, 5.74) is 0.845. The molecule has 7 nitrogen and oxygen atoms in total. The Balaban J connectivity index is 1.59. The fourth-order valence-electron chi connectivity index (χ4n) is 3.91. The summed E-state index contributed by atoms with van der Waals surface area (Å²) >= 11 is 0. The first-order valence-corrected chi connectivity index (χ1v) is 9.71. The van der Waals surface area contributed by atoms with E-state index in [1.165, 1.54) is 12.1 Å². The molecule has 2 aliphatic rings. The summed E-state index contributed by atoms with van der Waals surface area (Å²) in [5.74, 6) is -1.70. The van der Waals surface area contributed by atoms with Crippen LogP contribution < -0.4 is 5.32 Å². The summed E-state index contributed by atoms with van der Waals surface area (Å²) in [5, 5.41) is 11.9. The molecule has 0 aliphatic carbocycles. The second-order valence-electron chi connectivity index (χ2n) is 7.50. The van der Waals surface area contributed by atoms with E-state index in [1.807, 2.05) is 6.92 Å². The quantitative estimate of drug-likeness (QED) is 0.825. The predicted octanol–water partition coefficient (Wildman–Crippen LogP) is 2.38. The molecule has 0 radical (unpaired) electrons. The number of carbonyl (C=O) groups is 3. The number of carboxylic acids is 1. The minimum atomic E-state index is -0.826. The summed E-state index contributed by atoms with van der Waals surface area (Å²) < 4.78 is 13.2. The lowest BCUT2D eigenvalue weighted by Gasteiger charge is -2.38. The third-order valence-corrected chi connectivity index (χ3v) is 5.72. The summed E-state index contributed by atoms with van der Waals surface area (Å²) in [6, 6.07) is 4.96. The highest BCUT2D eigenvalue weighted by molar-refractivity contribution is 5.88. The number of nitrogens with zero attached hydrogens (tertiary/aromatic N) is 2. The molecule has 152 valence electrons. The Morgan fingerprint density at radius 2 is 1.79 bits per heavy atom. The van der Waals surface area contributed by atoms with Crippen LogP contribution in [0.3, 0.4) is 0 Å². The number of carbonyl (C=O) groups excluding carboxylic acids is 2. The molecule has 2 saturated heterocycles. The van der Waals surface area contributed by atoms with Crippen LogP contribution in [0.1, 0.15) is 44.2 Å². The van der Waals surface area contributed by atoms with Crippen molar-refractivity contribution < 1.29 is 23.9 Å². The van der Waals surface area contributed by atoms with Crippen LogP contribution in [0.5, 0.6) is 0 Å². The van der Waals surface area contributed by atoms with E-state index in [9.17, 15) is 18.8 Å². The molecule has 3 rings (SSSR count). The Labute approximate surface area is 163 Å². The highest BCUT2D eigenvalue weighted by Crippen LogP contribution is 2.26. The Kier molecular flexibility index (Phi) is 6.16. The average molecular weight is 391 g/mol. The molecule has 2 atom stereocenters. The Hall–Kier alpha value is -2.64. The lowest BCUT2D eigenvalue weighted by Crippen LogP contribution is -2.56. The molecule has 0 saturated carbocycles. The fourth-order valence-corrected chi connectivity index (χ4v) is 3.91. The van der Waals surface area contributed by atoms with Gasteiger partial charge in [-0.2, -0.15) is 0 Å². The van der Waals surface area contributed by atoms with Gasteiger partial charge in [-0.15, -0.1) is 0 Å². The third kappa shape index (κ3) is 4.43. The van der Waals surface area contributed by atoms with Crippen LogP contribution in [0, 0.1) is 11.7 Å². The first-order valence-electron chi connectivity index (χ1n) is 9.71. The number of carboxylic acid groups (broad SMARTS) is 1. The van der Waals surface area contributed by atoms with Crippen molar-refractivity contribution in [1.82, 2.24) is 15.1 Å². The number of urea groups is 1. The van der Waals surface area contributed by atoms with E-state index in [1.54, 1.807) is 21.9 Å². The number of rotatable bonds is 4. The average Bonchev–Trinajstić information content (AvgIpc) is 2.69. The van der Waals surface area contributed by atoms with Gasteiger partial charge in [0.15, 0.2) is 0 Å². The molecule has 0 spiro atoms. The van der Waals surface area contributed by atoms with E-state index in [0.717, 1.165) is 12.0 Å². The molecule has 2 heterocycles. The molecule has 2 fully saturated rings. The molecular formula is C20H26FN3O4. The zero-order valence-electron chi connectivity index (χ0n) is 15.9. The van der Waals surface area contributed by atoms with Crippen LogP contribution in [-0.2, 0) is 9.59 Å². The third-order valence-electron chi connectivity index (χ3n) is 5.72. The number of hydrogen-bond acceptors (Lipinski definition) is 3. The zero-order chi connectivity index (χ0) is 20.3. The van der Waals surface area contributed by atoms with Crippen molar-refractivity contribution in [2.24, 2.45) is 5.92 Å². The van der Waals surface area contributed by atoms with Crippen LogP contribution in [0.2, 0.25) is 0 Å². The molecule has 2 unspecified atom stereocenters. The molecule has 0 aromatic heterocycles. The first-order chi connectivity index (χ1) is 13.4. The normalized spacial score (nSPS) is 22.1. The maximum absolute atomic E-state index is 13.2. The monoisotopic (exact) mass is 391 g/mol. The molecule has 1 aromatic carbocycles. The molecule has 2 aliphatic heterocycles. The topological polar surface area (TPSA) is 90.0 Å². The van der Waals surface area contributed by atoms with E-state index < -0.39 is 17.9 Å². The van der Waals surface area contributed by atoms with E-state index in [4.69, 9.17) is 5.11 Å². The van der Waals surface area contributed by atoms with Crippen molar-refractivity contribution in [1.29, 1.82) is 0 Å². The highest BCUT2D eigenvalue weighted by atomic mass is 19.1. The Morgan fingerprint density at radius 3 is 2.39 bits per heavy atom. The molecule has 1 aromatic rings. The molecular weight excluding hydrogens is 365 g/mol. The summed E-state index contributed by atoms with van der Waals surface area (Å²) in [6.07, 6.45) is 2.19. The number of piperidine rings is 2. The van der Waals surface area contributed by atoms with E-state index in [0.29, 0.717) is 38.9 Å². The van der Waals surface area contributed by atoms with Crippen LogP contribution in [0.4, 0.5) is 9.18 Å². The van der Waals surface area contributed by atoms with Crippen molar-refractivity contribution in [2.75, 3.05) is 19.6 Å². The number of aliphatic carboxylic acids is 1. The number of nitrogens with one attached hydrogen (secondary N) is 1. The van der Waals surface area contributed by atoms with Crippen LogP contribution in [0.15, 0.2) is 24.3 Å². The van der Waals surface area contributed by atoms with Gasteiger partial charge in [0.2, 0.25) is 5.91 Å². The maximum Gasteiger partial charge on any atom is 0.318 e. The van der Waals surface area contributed by atoms with E-state index in [-0.39, 0.29) is 23.8 Å². The number of halogens is 1. The van der Waals surface area contributed by atoms with Crippen LogP contribution in [0.25, 0.3) is 0 Å². The minimum absolute atomic E-state index is 0.142. The van der Waals surface area contributed by atoms with Crippen molar-refractivity contribution >= 4 is 17.9 Å². The predicted molar refractivity (Wildman–Crippen MR) is 100 cm³/mol. The van der Waals surface area contributed by atoms with Gasteiger partial charge in [0.25, 0.3) is 0 Å². The summed E-state index contributed by atoms with van der Waals surface area (Å²) in [4.78, 5) is 39.8. The second-order valence-corrected chi connectivity index (χ2v) is 7.50. The Bertz CT molecular complexity index is 731. The van der Waals surface area contributed by atoms with Gasteiger partial charge in [-0.25, -0.2) is 9.18 Å². The van der Waals surface area contributed by atoms with Gasteiger partial charge in [0, 0.05) is 19.6 Å². The fraction of sp³-hybridized carbons (Fsp3) is 0.550. The van der Waals surface area contributed by atoms with Crippen molar-refractivity contribution in [3.63, 3.8) is 0 Å². The van der Waals surface area contributed by atoms with Gasteiger partial charge in [0.05, 0.1) is 12.0 Å². The van der Waals surface area contributed by atoms with Crippen molar-refractivity contribution in [3.8, 4) is 0 Å². The molecule has 28 heavy (non-hydrogen) atoms. The lowest BCUT2D eigenvalue weighted by atomic mass is 9.97. The molecule has 3 amide bonds. The van der Waals surface area contributed by atoms with Gasteiger partial charge < -0.3 is 20.2 Å². The van der Waals surface area contributed by atoms with Crippen LogP contribution >= 0.6 is 0 Å². The lowest BCUT2D eigenvalue weighted by molar-refractivity contribution is -0.143. The minimum Gasteiger partial charge on any atom is -0.481 e. The molecule has 8 heteroatoms. The summed E-state index contributed by atoms with van der Waals surface area (Å²) in [7, 11) is 0. The van der Waals surface area contributed by atoms with Gasteiger partial charge in [-0.3, -0.25) is 9.59 Å². The van der Waals surface area contributed by atoms with Gasteiger partial charge in [-0.1, -0.05) is 12.1 Å². The second kappa shape index (κ2) is 8.58. The smallest absolute Gasteiger partial charge is 0.318 e. The van der Waals surface area contributed by atoms with Crippen molar-refractivity contribution in [3.05, 3.63) is 35.6 Å². The highest BCUT2D eigenvalue weighted by Gasteiger charge is 2.35. The number of likely N-dealkylation sites (tertiary alicyclic amines) is 2. The zero-order valence-corrected chi connectivity index (χ0v) is 15.9. The standard InChI is InChI=1S/C20H26FN3O4/c1-13(14-4-6-16(21)7-5-14)24-10-2-3-17(18(24)25)22-20(28)23-11-8-15(9-12-23)19(26)27/h4-7,13,15,17H,2-3,8-12H2,1H3,(H,22,28)(H,26,27). The first kappa shape index (κ1) is 20.1. The van der Waals surface area contributed by atoms with Crippen LogP contribution in [-0.4, -0.2) is 58.5 Å². The maximum atomic E-state index is 13.2. The molecule has 2 N–H and O–H groups in total. The number of amides is 3. The van der Waals surface area contributed by atoms with Gasteiger partial charge in [0.1, 0.15) is 11.9 Å². The van der Waals surface area contributed by atoms with E-state index in [2.05, 4.69) is 5.32 Å². The van der Waals surface area contributed by atoms with Crippen molar-refractivity contribution in [2.45, 2.75) is 44.7 Å². The molecule has 0 bridgehead atoms. The van der Waals surface area contributed by atoms with E-state index >= 15 is 0 Å². The summed E-state index contributed by atoms with van der Waals surface area (Å²) in [6.45, 7) is 3.23. The van der Waals surface area contributed by atoms with Gasteiger partial charge >= 0.3 is 12.0 Å². The number of hydrogen-bond donors (Lipinski definition) is 2. The largest absolute Gasteiger partial charge is 0.481 e. The van der Waals surface area contributed by atoms with Gasteiger partial charge in [-0.05, 0) is 50.3 Å². The number of benzene rings is 1. The Morgan fingerprint density at radius 1 is 1.14 bits per heavy atom. The SMILES string of the molecule is CC(c1ccc(F)cc1)N1CCCC(NC(=O)N2CCC(C(=O)O)CC2)C1=O.